The Morgan fingerprint density at radius 3 is 1.50 bits per heavy atom. The summed E-state index contributed by atoms with van der Waals surface area (Å²) in [5, 5.41) is 0. The molecule has 0 rings (SSSR count). The Kier molecular flexibility index (Phi) is 21.1. The highest BCUT2D eigenvalue weighted by atomic mass is 28.4. The van der Waals surface area contributed by atoms with E-state index in [1.165, 1.54) is 96.3 Å². The Hall–Kier alpha value is 0.137. The summed E-state index contributed by atoms with van der Waals surface area (Å²) in [5.41, 5.74) is 0. The first kappa shape index (κ1) is 30.1. The molecule has 0 heterocycles. The largest absolute Gasteiger partial charge is 0.394 e. The van der Waals surface area contributed by atoms with E-state index >= 15 is 0 Å². The third kappa shape index (κ3) is 15.0. The molecular weight excluding hydrogens is 384 g/mol. The van der Waals surface area contributed by atoms with Gasteiger partial charge < -0.3 is 8.85 Å². The van der Waals surface area contributed by atoms with E-state index in [1.54, 1.807) is 0 Å². The molecule has 2 nitrogen and oxygen atoms in total. The average molecular weight is 443 g/mol. The first-order valence-corrected chi connectivity index (χ1v) is 16.2. The molecule has 0 spiro atoms. The molecule has 0 amide bonds. The van der Waals surface area contributed by atoms with Crippen LogP contribution in [0.4, 0.5) is 0 Å². The molecule has 30 heavy (non-hydrogen) atoms. The first-order chi connectivity index (χ1) is 14.6. The van der Waals surface area contributed by atoms with Crippen LogP contribution in [0.5, 0.6) is 0 Å². The van der Waals surface area contributed by atoms with Crippen LogP contribution in [-0.2, 0) is 8.85 Å². The smallest absolute Gasteiger partial charge is 0.337 e. The molecule has 0 saturated heterocycles. The van der Waals surface area contributed by atoms with Crippen LogP contribution >= 0.6 is 0 Å². The van der Waals surface area contributed by atoms with Crippen molar-refractivity contribution in [3.05, 3.63) is 0 Å². The van der Waals surface area contributed by atoms with Gasteiger partial charge in [-0.2, -0.15) is 0 Å². The highest BCUT2D eigenvalue weighted by molar-refractivity contribution is 6.67. The van der Waals surface area contributed by atoms with E-state index in [-0.39, 0.29) is 0 Å². The molecule has 0 N–H and O–H groups in total. The van der Waals surface area contributed by atoms with Crippen molar-refractivity contribution in [2.45, 2.75) is 162 Å². The van der Waals surface area contributed by atoms with Crippen molar-refractivity contribution in [3.63, 3.8) is 0 Å². The van der Waals surface area contributed by atoms with Gasteiger partial charge in [-0.25, -0.2) is 0 Å². The Morgan fingerprint density at radius 2 is 1.07 bits per heavy atom. The van der Waals surface area contributed by atoms with Gasteiger partial charge in [0.25, 0.3) is 0 Å². The highest BCUT2D eigenvalue weighted by Gasteiger charge is 2.36. The highest BCUT2D eigenvalue weighted by Crippen LogP contribution is 2.26. The van der Waals surface area contributed by atoms with Gasteiger partial charge in [0.05, 0.1) is 0 Å². The van der Waals surface area contributed by atoms with Gasteiger partial charge in [-0.1, -0.05) is 119 Å². The van der Waals surface area contributed by atoms with Gasteiger partial charge in [-0.3, -0.25) is 0 Å². The standard InChI is InChI=1S/C27H58O2Si/c1-7-13-14-15-16-17-18-19-20-21-22-25-28-30(11-5,12-6)29-27(10-4)24-23-26(8-2)9-3/h26-27H,7-25H2,1-6H3. The Labute approximate surface area is 192 Å². The summed E-state index contributed by atoms with van der Waals surface area (Å²) in [6.07, 6.45) is 21.9. The fraction of sp³-hybridized carbons (Fsp3) is 1.00. The number of unbranched alkanes of at least 4 members (excludes halogenated alkanes) is 10. The van der Waals surface area contributed by atoms with Crippen LogP contribution in [0.25, 0.3) is 0 Å². The van der Waals surface area contributed by atoms with E-state index in [0.29, 0.717) is 6.10 Å². The van der Waals surface area contributed by atoms with Gasteiger partial charge in [0.2, 0.25) is 0 Å². The monoisotopic (exact) mass is 442 g/mol. The predicted molar refractivity (Wildman–Crippen MR) is 138 cm³/mol. The van der Waals surface area contributed by atoms with E-state index < -0.39 is 8.56 Å². The minimum absolute atomic E-state index is 0.398. The molecule has 0 aromatic heterocycles. The molecule has 0 radical (unpaired) electrons. The van der Waals surface area contributed by atoms with Crippen LogP contribution in [-0.4, -0.2) is 21.3 Å². The third-order valence-electron chi connectivity index (χ3n) is 7.08. The van der Waals surface area contributed by atoms with Gasteiger partial charge >= 0.3 is 8.56 Å². The Morgan fingerprint density at radius 1 is 0.567 bits per heavy atom. The molecule has 1 unspecified atom stereocenters. The van der Waals surface area contributed by atoms with Crippen molar-refractivity contribution in [1.82, 2.24) is 0 Å². The molecule has 0 aliphatic carbocycles. The minimum atomic E-state index is -2.02. The van der Waals surface area contributed by atoms with E-state index in [1.807, 2.05) is 0 Å². The molecule has 0 aromatic carbocycles. The summed E-state index contributed by atoms with van der Waals surface area (Å²) in [4.78, 5) is 0. The maximum atomic E-state index is 6.74. The molecular formula is C27H58O2Si. The lowest BCUT2D eigenvalue weighted by Crippen LogP contribution is -2.44. The van der Waals surface area contributed by atoms with Crippen LogP contribution in [0.3, 0.4) is 0 Å². The molecule has 0 aliphatic rings. The molecule has 1 atom stereocenters. The Bertz CT molecular complexity index is 340. The van der Waals surface area contributed by atoms with Gasteiger partial charge in [0, 0.05) is 12.7 Å². The summed E-state index contributed by atoms with van der Waals surface area (Å²) in [6.45, 7) is 14.7. The molecule has 182 valence electrons. The summed E-state index contributed by atoms with van der Waals surface area (Å²) >= 11 is 0. The van der Waals surface area contributed by atoms with Crippen LogP contribution < -0.4 is 0 Å². The molecule has 3 heteroatoms. The van der Waals surface area contributed by atoms with Gasteiger partial charge in [-0.05, 0) is 43.7 Å². The van der Waals surface area contributed by atoms with Crippen molar-refractivity contribution in [3.8, 4) is 0 Å². The lowest BCUT2D eigenvalue weighted by molar-refractivity contribution is 0.0971. The number of rotatable bonds is 23. The van der Waals surface area contributed by atoms with Crippen LogP contribution in [0.2, 0.25) is 12.1 Å². The summed E-state index contributed by atoms with van der Waals surface area (Å²) < 4.78 is 13.3. The van der Waals surface area contributed by atoms with Crippen molar-refractivity contribution < 1.29 is 8.85 Å². The number of hydrogen-bond acceptors (Lipinski definition) is 2. The zero-order valence-electron chi connectivity index (χ0n) is 21.9. The quantitative estimate of drug-likeness (QED) is 0.116. The lowest BCUT2D eigenvalue weighted by atomic mass is 9.95. The fourth-order valence-electron chi connectivity index (χ4n) is 4.45. The predicted octanol–water partition coefficient (Wildman–Crippen LogP) is 9.81. The summed E-state index contributed by atoms with van der Waals surface area (Å²) in [5.74, 6) is 0.860. The van der Waals surface area contributed by atoms with Gasteiger partial charge in [0.1, 0.15) is 0 Å². The van der Waals surface area contributed by atoms with Crippen molar-refractivity contribution in [2.75, 3.05) is 6.61 Å². The topological polar surface area (TPSA) is 18.5 Å². The second-order valence-electron chi connectivity index (χ2n) is 9.41. The number of hydrogen-bond donors (Lipinski definition) is 0. The Balaban J connectivity index is 4.02. The van der Waals surface area contributed by atoms with Crippen LogP contribution in [0, 0.1) is 5.92 Å². The second-order valence-corrected chi connectivity index (χ2v) is 13.2. The second kappa shape index (κ2) is 21.0. The van der Waals surface area contributed by atoms with E-state index in [4.69, 9.17) is 8.85 Å². The minimum Gasteiger partial charge on any atom is -0.394 e. The molecule has 0 fully saturated rings. The van der Waals surface area contributed by atoms with Gasteiger partial charge in [0.15, 0.2) is 0 Å². The fourth-order valence-corrected chi connectivity index (χ4v) is 7.17. The molecule has 0 aromatic rings. The molecule has 0 bridgehead atoms. The molecule has 0 aliphatic heterocycles. The first-order valence-electron chi connectivity index (χ1n) is 13.9. The summed E-state index contributed by atoms with van der Waals surface area (Å²) in [6, 6.07) is 2.17. The zero-order chi connectivity index (χ0) is 22.5. The zero-order valence-corrected chi connectivity index (χ0v) is 22.9. The van der Waals surface area contributed by atoms with Crippen molar-refractivity contribution >= 4 is 8.56 Å². The SMILES string of the molecule is CCCCCCCCCCCCCO[Si](CC)(CC)OC(CC)CCC(CC)CC. The van der Waals surface area contributed by atoms with Crippen LogP contribution in [0.1, 0.15) is 144 Å². The van der Waals surface area contributed by atoms with Crippen LogP contribution in [0.15, 0.2) is 0 Å². The normalized spacial score (nSPS) is 13.3. The van der Waals surface area contributed by atoms with Crippen molar-refractivity contribution in [2.24, 2.45) is 5.92 Å². The summed E-state index contributed by atoms with van der Waals surface area (Å²) in [7, 11) is -2.02. The van der Waals surface area contributed by atoms with Crippen molar-refractivity contribution in [1.29, 1.82) is 0 Å². The van der Waals surface area contributed by atoms with Gasteiger partial charge in [-0.15, -0.1) is 0 Å². The maximum absolute atomic E-state index is 6.74. The maximum Gasteiger partial charge on any atom is 0.337 e. The average Bonchev–Trinajstić information content (AvgIpc) is 2.78. The molecule has 0 saturated carbocycles. The lowest BCUT2D eigenvalue weighted by Gasteiger charge is -2.33. The van der Waals surface area contributed by atoms with E-state index in [2.05, 4.69) is 41.5 Å². The van der Waals surface area contributed by atoms with E-state index in [0.717, 1.165) is 31.0 Å². The third-order valence-corrected chi connectivity index (χ3v) is 10.7. The van der Waals surface area contributed by atoms with E-state index in [9.17, 15) is 0 Å².